The number of nitrogens with one attached hydrogen (secondary N) is 1. The highest BCUT2D eigenvalue weighted by Crippen LogP contribution is 2.01. The first-order chi connectivity index (χ1) is 5.24. The lowest BCUT2D eigenvalue weighted by Crippen LogP contribution is -2.29. The van der Waals surface area contributed by atoms with Gasteiger partial charge >= 0.3 is 7.12 Å². The molecular formula is C6H9BClNO3. The Labute approximate surface area is 76.4 Å². The van der Waals surface area contributed by atoms with E-state index in [1.165, 1.54) is 24.3 Å². The molecule has 1 rings (SSSR count). The zero-order valence-electron chi connectivity index (χ0n) is 6.14. The fourth-order valence-corrected chi connectivity index (χ4v) is 0.730. The lowest BCUT2D eigenvalue weighted by atomic mass is 9.80. The summed E-state index contributed by atoms with van der Waals surface area (Å²) in [7, 11) is -1.46. The average molecular weight is 189 g/mol. The van der Waals surface area contributed by atoms with Gasteiger partial charge in [0.05, 0.1) is 5.69 Å². The van der Waals surface area contributed by atoms with Crippen molar-refractivity contribution in [3.63, 3.8) is 0 Å². The molecule has 1 aromatic carbocycles. The first kappa shape index (κ1) is 11.3. The molecule has 4 nitrogen and oxygen atoms in total. The minimum absolute atomic E-state index is 0. The second kappa shape index (κ2) is 5.00. The molecule has 0 saturated carbocycles. The fraction of sp³-hybridized carbons (Fsp3) is 0. The summed E-state index contributed by atoms with van der Waals surface area (Å²) < 4.78 is 0. The largest absolute Gasteiger partial charge is 0.488 e. The van der Waals surface area contributed by atoms with E-state index in [2.05, 4.69) is 0 Å². The molecule has 1 aromatic rings. The van der Waals surface area contributed by atoms with Gasteiger partial charge in [-0.15, -0.1) is 12.4 Å². The normalized spacial score (nSPS) is 8.58. The number of hydrogen-bond acceptors (Lipinski definition) is 4. The Hall–Kier alpha value is -0.745. The van der Waals surface area contributed by atoms with Crippen molar-refractivity contribution in [2.45, 2.75) is 0 Å². The van der Waals surface area contributed by atoms with Crippen molar-refractivity contribution >= 4 is 30.7 Å². The minimum atomic E-state index is -1.46. The van der Waals surface area contributed by atoms with Crippen molar-refractivity contribution in [2.75, 3.05) is 5.48 Å². The van der Waals surface area contributed by atoms with Gasteiger partial charge in [0.25, 0.3) is 0 Å². The van der Waals surface area contributed by atoms with Crippen LogP contribution in [0.5, 0.6) is 0 Å². The molecule has 0 bridgehead atoms. The maximum Gasteiger partial charge on any atom is 0.488 e. The number of halogens is 1. The van der Waals surface area contributed by atoms with Crippen LogP contribution in [0.2, 0.25) is 0 Å². The van der Waals surface area contributed by atoms with Crippen molar-refractivity contribution in [1.29, 1.82) is 0 Å². The lowest BCUT2D eigenvalue weighted by molar-refractivity contribution is 0.389. The van der Waals surface area contributed by atoms with Gasteiger partial charge in [-0.05, 0) is 17.6 Å². The Kier molecular flexibility index (Phi) is 4.69. The second-order valence-corrected chi connectivity index (χ2v) is 2.11. The Morgan fingerprint density at radius 2 is 1.58 bits per heavy atom. The quantitative estimate of drug-likeness (QED) is 0.377. The van der Waals surface area contributed by atoms with Gasteiger partial charge in [0.2, 0.25) is 0 Å². The molecule has 0 heterocycles. The average Bonchev–Trinajstić information content (AvgIpc) is 2.05. The summed E-state index contributed by atoms with van der Waals surface area (Å²) in [5.74, 6) is 0. The summed E-state index contributed by atoms with van der Waals surface area (Å²) in [5.41, 5.74) is 2.83. The van der Waals surface area contributed by atoms with Crippen molar-refractivity contribution in [2.24, 2.45) is 0 Å². The summed E-state index contributed by atoms with van der Waals surface area (Å²) in [5, 5.41) is 25.7. The molecule has 0 aromatic heterocycles. The highest BCUT2D eigenvalue weighted by Gasteiger charge is 2.08. The molecule has 0 aliphatic heterocycles. The Morgan fingerprint density at radius 1 is 1.08 bits per heavy atom. The van der Waals surface area contributed by atoms with Crippen LogP contribution in [0.25, 0.3) is 0 Å². The predicted octanol–water partition coefficient (Wildman–Crippen LogP) is -0.411. The summed E-state index contributed by atoms with van der Waals surface area (Å²) in [6.07, 6.45) is 0. The molecule has 0 unspecified atom stereocenters. The topological polar surface area (TPSA) is 72.7 Å². The maximum absolute atomic E-state index is 8.66. The van der Waals surface area contributed by atoms with E-state index in [1.54, 1.807) is 0 Å². The molecular weight excluding hydrogens is 180 g/mol. The first-order valence-electron chi connectivity index (χ1n) is 3.10. The van der Waals surface area contributed by atoms with Crippen LogP contribution >= 0.6 is 12.4 Å². The fourth-order valence-electron chi connectivity index (χ4n) is 0.730. The molecule has 0 amide bonds. The van der Waals surface area contributed by atoms with Crippen molar-refractivity contribution in [3.8, 4) is 0 Å². The molecule has 0 spiro atoms. The molecule has 66 valence electrons. The number of rotatable bonds is 2. The van der Waals surface area contributed by atoms with E-state index in [-0.39, 0.29) is 12.4 Å². The number of anilines is 1. The van der Waals surface area contributed by atoms with E-state index in [1.807, 2.05) is 5.48 Å². The van der Waals surface area contributed by atoms with E-state index in [4.69, 9.17) is 15.3 Å². The molecule has 0 aliphatic rings. The van der Waals surface area contributed by atoms with Crippen LogP contribution in [0.3, 0.4) is 0 Å². The first-order valence-corrected chi connectivity index (χ1v) is 3.10. The summed E-state index contributed by atoms with van der Waals surface area (Å²) >= 11 is 0. The molecule has 0 atom stereocenters. The Balaban J connectivity index is 0.00000121. The third-order valence-electron chi connectivity index (χ3n) is 1.34. The van der Waals surface area contributed by atoms with E-state index in [0.717, 1.165) is 0 Å². The summed E-state index contributed by atoms with van der Waals surface area (Å²) in [6, 6.07) is 6.08. The van der Waals surface area contributed by atoms with Crippen molar-refractivity contribution in [1.82, 2.24) is 0 Å². The smallest absolute Gasteiger partial charge is 0.423 e. The van der Waals surface area contributed by atoms with E-state index in [9.17, 15) is 0 Å². The van der Waals surface area contributed by atoms with Gasteiger partial charge in [-0.25, -0.2) is 0 Å². The van der Waals surface area contributed by atoms with Gasteiger partial charge in [-0.3, -0.25) is 10.7 Å². The van der Waals surface area contributed by atoms with Gasteiger partial charge < -0.3 is 10.0 Å². The summed E-state index contributed by atoms with van der Waals surface area (Å²) in [4.78, 5) is 0. The molecule has 0 radical (unpaired) electrons. The Morgan fingerprint density at radius 3 is 1.92 bits per heavy atom. The number of hydrogen-bond donors (Lipinski definition) is 4. The molecule has 0 aliphatic carbocycles. The predicted molar refractivity (Wildman–Crippen MR) is 48.9 cm³/mol. The third-order valence-corrected chi connectivity index (χ3v) is 1.34. The van der Waals surface area contributed by atoms with Gasteiger partial charge in [0.15, 0.2) is 0 Å². The molecule has 12 heavy (non-hydrogen) atoms. The standard InChI is InChI=1S/C6H8BNO3.ClH/c9-7(10)5-1-3-6(8-11)4-2-5;/h1-4,8-11H;1H. The van der Waals surface area contributed by atoms with Gasteiger partial charge in [0, 0.05) is 0 Å². The minimum Gasteiger partial charge on any atom is -0.423 e. The molecule has 0 saturated heterocycles. The zero-order chi connectivity index (χ0) is 8.27. The molecule has 4 N–H and O–H groups in total. The third kappa shape index (κ3) is 2.71. The van der Waals surface area contributed by atoms with E-state index < -0.39 is 7.12 Å². The van der Waals surface area contributed by atoms with Crippen molar-refractivity contribution < 1.29 is 15.3 Å². The van der Waals surface area contributed by atoms with Crippen molar-refractivity contribution in [3.05, 3.63) is 24.3 Å². The lowest BCUT2D eigenvalue weighted by Gasteiger charge is -2.00. The monoisotopic (exact) mass is 189 g/mol. The molecule has 0 fully saturated rings. The van der Waals surface area contributed by atoms with Crippen LogP contribution in [-0.2, 0) is 0 Å². The SMILES string of the molecule is Cl.ONc1ccc(B(O)O)cc1. The van der Waals surface area contributed by atoms with Crippen LogP contribution in [-0.4, -0.2) is 22.4 Å². The zero-order valence-corrected chi connectivity index (χ0v) is 6.95. The van der Waals surface area contributed by atoms with Gasteiger partial charge in [-0.2, -0.15) is 0 Å². The van der Waals surface area contributed by atoms with Crippen LogP contribution in [0.15, 0.2) is 24.3 Å². The van der Waals surface area contributed by atoms with Crippen LogP contribution in [0.1, 0.15) is 0 Å². The highest BCUT2D eigenvalue weighted by molar-refractivity contribution is 6.58. The second-order valence-electron chi connectivity index (χ2n) is 2.11. The van der Waals surface area contributed by atoms with E-state index >= 15 is 0 Å². The van der Waals surface area contributed by atoms with E-state index in [0.29, 0.717) is 11.2 Å². The van der Waals surface area contributed by atoms with Gasteiger partial charge in [0.1, 0.15) is 0 Å². The Bertz CT molecular complexity index is 229. The maximum atomic E-state index is 8.66. The van der Waals surface area contributed by atoms with Gasteiger partial charge in [-0.1, -0.05) is 12.1 Å². The van der Waals surface area contributed by atoms with Crippen LogP contribution in [0.4, 0.5) is 5.69 Å². The highest BCUT2D eigenvalue weighted by atomic mass is 35.5. The van der Waals surface area contributed by atoms with Crippen LogP contribution in [0, 0.1) is 0 Å². The van der Waals surface area contributed by atoms with Crippen LogP contribution < -0.4 is 10.9 Å². The summed E-state index contributed by atoms with van der Waals surface area (Å²) in [6.45, 7) is 0. The molecule has 6 heteroatoms. The number of benzene rings is 1.